The van der Waals surface area contributed by atoms with Crippen LogP contribution < -0.4 is 10.6 Å². The van der Waals surface area contributed by atoms with E-state index >= 15 is 0 Å². The molecule has 0 saturated carbocycles. The average Bonchev–Trinajstić information content (AvgIpc) is 2.62. The van der Waals surface area contributed by atoms with Crippen molar-refractivity contribution < 1.29 is 19.1 Å². The molecule has 0 aromatic heterocycles. The summed E-state index contributed by atoms with van der Waals surface area (Å²) in [6.07, 6.45) is 19.5. The van der Waals surface area contributed by atoms with Gasteiger partial charge in [-0.15, -0.1) is 0 Å². The Bertz CT molecular complexity index is 473. The van der Waals surface area contributed by atoms with Crippen LogP contribution in [0, 0.1) is 0 Å². The Hall–Kier alpha value is -1.98. The third kappa shape index (κ3) is 10.4. The van der Waals surface area contributed by atoms with E-state index in [9.17, 15) is 9.59 Å². The highest BCUT2D eigenvalue weighted by molar-refractivity contribution is 5.67. The predicted octanol–water partition coefficient (Wildman–Crippen LogP) is 5.00. The van der Waals surface area contributed by atoms with E-state index < -0.39 is 0 Å². The van der Waals surface area contributed by atoms with Crippen molar-refractivity contribution in [2.24, 2.45) is 0 Å². The molecule has 2 atom stereocenters. The molecule has 0 heterocycles. The fraction of sp³-hybridized carbons (Fsp3) is 0.727. The van der Waals surface area contributed by atoms with E-state index in [1.165, 1.54) is 0 Å². The fourth-order valence-electron chi connectivity index (χ4n) is 3.50. The summed E-state index contributed by atoms with van der Waals surface area (Å²) in [5.74, 6) is 0. The number of unbranched alkanes of at least 4 members (excludes halogenated alkanes) is 1. The topological polar surface area (TPSA) is 76.7 Å². The first-order valence-corrected chi connectivity index (χ1v) is 10.9. The number of allylic oxidation sites excluding steroid dienone is 4. The summed E-state index contributed by atoms with van der Waals surface area (Å²) >= 11 is 0. The largest absolute Gasteiger partial charge is 0.446 e. The number of carbonyl (C=O) groups is 2. The maximum Gasteiger partial charge on any atom is 0.407 e. The van der Waals surface area contributed by atoms with E-state index in [0.29, 0.717) is 13.1 Å². The van der Waals surface area contributed by atoms with Crippen molar-refractivity contribution in [1.29, 1.82) is 0 Å². The maximum absolute atomic E-state index is 11.9. The first kappa shape index (κ1) is 22.3. The summed E-state index contributed by atoms with van der Waals surface area (Å²) in [5, 5.41) is 5.61. The number of ether oxygens (including phenoxy) is 2. The molecule has 2 aliphatic carbocycles. The molecule has 2 rings (SSSR count). The Labute approximate surface area is 169 Å². The van der Waals surface area contributed by atoms with Crippen molar-refractivity contribution in [3.05, 3.63) is 24.3 Å². The minimum absolute atomic E-state index is 0.0187. The lowest BCUT2D eigenvalue weighted by molar-refractivity contribution is 0.0846. The third-order valence-corrected chi connectivity index (χ3v) is 5.13. The van der Waals surface area contributed by atoms with Crippen molar-refractivity contribution >= 4 is 12.2 Å². The summed E-state index contributed by atoms with van der Waals surface area (Å²) in [6, 6.07) is 0. The second-order valence-electron chi connectivity index (χ2n) is 7.57. The van der Waals surface area contributed by atoms with Gasteiger partial charge >= 0.3 is 12.2 Å². The van der Waals surface area contributed by atoms with E-state index in [1.807, 2.05) is 0 Å². The van der Waals surface area contributed by atoms with Crippen LogP contribution in [0.3, 0.4) is 0 Å². The van der Waals surface area contributed by atoms with Gasteiger partial charge in [-0.2, -0.15) is 0 Å². The van der Waals surface area contributed by atoms with Crippen molar-refractivity contribution in [3.8, 4) is 0 Å². The number of amides is 2. The zero-order chi connectivity index (χ0) is 19.9. The molecule has 2 aliphatic rings. The molecular formula is C22H36N2O4. The van der Waals surface area contributed by atoms with Gasteiger partial charge in [0, 0.05) is 13.1 Å². The molecule has 2 amide bonds. The summed E-state index contributed by atoms with van der Waals surface area (Å²) in [7, 11) is 0. The minimum atomic E-state index is -0.333. The smallest absolute Gasteiger partial charge is 0.407 e. The Morgan fingerprint density at radius 2 is 1.11 bits per heavy atom. The SMILES string of the molecule is O=C(NCCCCNC(=O)OC1CC/C=C\CCC1)OC1CC/C=C\CCC1. The standard InChI is InChI=1S/C22H36N2O4/c25-21(27-19-13-7-3-1-4-8-14-19)23-17-11-12-18-24-22(26)28-20-15-9-5-2-6-10-16-20/h1-3,5,19-20H,4,6-18H2,(H,23,25)(H,24,26)/b3-1-,5-2-. The van der Waals surface area contributed by atoms with E-state index in [0.717, 1.165) is 77.0 Å². The predicted molar refractivity (Wildman–Crippen MR) is 110 cm³/mol. The molecule has 6 heteroatoms. The molecule has 158 valence electrons. The highest BCUT2D eigenvalue weighted by atomic mass is 16.6. The first-order valence-electron chi connectivity index (χ1n) is 10.9. The number of nitrogens with one attached hydrogen (secondary N) is 2. The molecule has 0 aliphatic heterocycles. The van der Waals surface area contributed by atoms with Gasteiger partial charge in [0.05, 0.1) is 0 Å². The molecule has 0 fully saturated rings. The summed E-state index contributed by atoms with van der Waals surface area (Å²) in [5.41, 5.74) is 0. The summed E-state index contributed by atoms with van der Waals surface area (Å²) < 4.78 is 11.0. The lowest BCUT2D eigenvalue weighted by Gasteiger charge is -2.19. The highest BCUT2D eigenvalue weighted by Crippen LogP contribution is 2.16. The van der Waals surface area contributed by atoms with Crippen LogP contribution in [0.15, 0.2) is 24.3 Å². The van der Waals surface area contributed by atoms with Crippen molar-refractivity contribution in [2.75, 3.05) is 13.1 Å². The lowest BCUT2D eigenvalue weighted by atomic mass is 10.0. The van der Waals surface area contributed by atoms with Gasteiger partial charge in [0.25, 0.3) is 0 Å². The first-order chi connectivity index (χ1) is 13.7. The van der Waals surface area contributed by atoms with Crippen LogP contribution in [-0.4, -0.2) is 37.5 Å². The summed E-state index contributed by atoms with van der Waals surface area (Å²) in [4.78, 5) is 23.8. The molecule has 28 heavy (non-hydrogen) atoms. The molecule has 0 radical (unpaired) electrons. The van der Waals surface area contributed by atoms with Gasteiger partial charge in [-0.3, -0.25) is 0 Å². The van der Waals surface area contributed by atoms with Crippen LogP contribution in [0.4, 0.5) is 9.59 Å². The zero-order valence-electron chi connectivity index (χ0n) is 17.0. The van der Waals surface area contributed by atoms with Crippen molar-refractivity contribution in [1.82, 2.24) is 10.6 Å². The molecular weight excluding hydrogens is 356 g/mol. The second-order valence-corrected chi connectivity index (χ2v) is 7.57. The number of hydrogen-bond acceptors (Lipinski definition) is 4. The molecule has 0 spiro atoms. The molecule has 6 nitrogen and oxygen atoms in total. The lowest BCUT2D eigenvalue weighted by Crippen LogP contribution is -2.32. The minimum Gasteiger partial charge on any atom is -0.446 e. The van der Waals surface area contributed by atoms with Crippen LogP contribution in [0.25, 0.3) is 0 Å². The molecule has 0 aromatic carbocycles. The van der Waals surface area contributed by atoms with E-state index in [4.69, 9.17) is 9.47 Å². The molecule has 0 saturated heterocycles. The zero-order valence-corrected chi connectivity index (χ0v) is 17.0. The monoisotopic (exact) mass is 392 g/mol. The van der Waals surface area contributed by atoms with Gasteiger partial charge in [-0.25, -0.2) is 9.59 Å². The fourth-order valence-corrected chi connectivity index (χ4v) is 3.50. The number of hydrogen-bond donors (Lipinski definition) is 2. The molecule has 0 bridgehead atoms. The quantitative estimate of drug-likeness (QED) is 0.472. The summed E-state index contributed by atoms with van der Waals surface area (Å²) in [6.45, 7) is 1.11. The normalized spacial score (nSPS) is 25.1. The number of alkyl carbamates (subject to hydrolysis) is 2. The third-order valence-electron chi connectivity index (χ3n) is 5.13. The van der Waals surface area contributed by atoms with Gasteiger partial charge in [0.15, 0.2) is 0 Å². The van der Waals surface area contributed by atoms with Crippen LogP contribution in [0.1, 0.15) is 77.0 Å². The van der Waals surface area contributed by atoms with E-state index in [2.05, 4.69) is 34.9 Å². The Morgan fingerprint density at radius 3 is 1.57 bits per heavy atom. The Balaban J connectivity index is 1.47. The molecule has 2 unspecified atom stereocenters. The molecule has 0 aromatic rings. The van der Waals surface area contributed by atoms with Gasteiger partial charge in [-0.1, -0.05) is 24.3 Å². The van der Waals surface area contributed by atoms with Crippen LogP contribution in [0.2, 0.25) is 0 Å². The van der Waals surface area contributed by atoms with Crippen LogP contribution in [-0.2, 0) is 9.47 Å². The average molecular weight is 393 g/mol. The molecule has 2 N–H and O–H groups in total. The number of carbonyl (C=O) groups excluding carboxylic acids is 2. The van der Waals surface area contributed by atoms with E-state index in [1.54, 1.807) is 0 Å². The van der Waals surface area contributed by atoms with Gasteiger partial charge < -0.3 is 20.1 Å². The Morgan fingerprint density at radius 1 is 0.679 bits per heavy atom. The maximum atomic E-state index is 11.9. The van der Waals surface area contributed by atoms with Gasteiger partial charge in [0.1, 0.15) is 12.2 Å². The van der Waals surface area contributed by atoms with Crippen LogP contribution >= 0.6 is 0 Å². The highest BCUT2D eigenvalue weighted by Gasteiger charge is 2.15. The Kier molecular flexibility index (Phi) is 11.2. The van der Waals surface area contributed by atoms with Gasteiger partial charge in [0.2, 0.25) is 0 Å². The van der Waals surface area contributed by atoms with E-state index in [-0.39, 0.29) is 24.4 Å². The van der Waals surface area contributed by atoms with Gasteiger partial charge in [-0.05, 0) is 77.0 Å². The number of rotatable bonds is 7. The van der Waals surface area contributed by atoms with Crippen molar-refractivity contribution in [3.63, 3.8) is 0 Å². The second kappa shape index (κ2) is 14.1. The van der Waals surface area contributed by atoms with Crippen molar-refractivity contribution in [2.45, 2.75) is 89.3 Å². The van der Waals surface area contributed by atoms with Crippen LogP contribution in [0.5, 0.6) is 0 Å².